The van der Waals surface area contributed by atoms with E-state index in [1.54, 1.807) is 0 Å². The summed E-state index contributed by atoms with van der Waals surface area (Å²) in [6, 6.07) is 14.8. The van der Waals surface area contributed by atoms with Crippen molar-refractivity contribution in [3.63, 3.8) is 0 Å². The van der Waals surface area contributed by atoms with Gasteiger partial charge in [-0.3, -0.25) is 0 Å². The average molecular weight is 278 g/mol. The van der Waals surface area contributed by atoms with Gasteiger partial charge in [0.15, 0.2) is 0 Å². The molecule has 0 aliphatic carbocycles. The molecule has 1 heterocycles. The number of H-pyrrole nitrogens is 1. The smallest absolute Gasteiger partial charge is 0.139 e. The maximum Gasteiger partial charge on any atom is 0.139 e. The summed E-state index contributed by atoms with van der Waals surface area (Å²) >= 11 is 0. The molecular weight excluding hydrogens is 256 g/mol. The molecule has 0 radical (unpaired) electrons. The molecule has 21 heavy (non-hydrogen) atoms. The Bertz CT molecular complexity index is 707. The molecular formula is C19H22N2. The molecule has 0 saturated carbocycles. The highest BCUT2D eigenvalue weighted by Gasteiger charge is 2.17. The van der Waals surface area contributed by atoms with Crippen LogP contribution in [0.3, 0.4) is 0 Å². The molecule has 0 amide bonds. The lowest BCUT2D eigenvalue weighted by atomic mass is 9.88. The van der Waals surface area contributed by atoms with Crippen molar-refractivity contribution in [2.75, 3.05) is 0 Å². The van der Waals surface area contributed by atoms with E-state index in [9.17, 15) is 0 Å². The van der Waals surface area contributed by atoms with E-state index in [0.717, 1.165) is 16.9 Å². The van der Waals surface area contributed by atoms with Gasteiger partial charge >= 0.3 is 0 Å². The van der Waals surface area contributed by atoms with Crippen molar-refractivity contribution in [2.24, 2.45) is 0 Å². The van der Waals surface area contributed by atoms with E-state index in [0.29, 0.717) is 11.8 Å². The normalized spacial score (nSPS) is 11.7. The molecule has 0 atom stereocenters. The molecule has 2 aromatic carbocycles. The van der Waals surface area contributed by atoms with Crippen LogP contribution in [0.1, 0.15) is 50.7 Å². The van der Waals surface area contributed by atoms with Gasteiger partial charge in [0.2, 0.25) is 0 Å². The van der Waals surface area contributed by atoms with Crippen LogP contribution in [0.25, 0.3) is 22.4 Å². The Balaban J connectivity index is 2.28. The molecule has 0 bridgehead atoms. The van der Waals surface area contributed by atoms with Crippen molar-refractivity contribution in [3.05, 3.63) is 53.6 Å². The van der Waals surface area contributed by atoms with Crippen molar-refractivity contribution in [2.45, 2.75) is 39.5 Å². The third kappa shape index (κ3) is 2.46. The molecule has 2 nitrogen and oxygen atoms in total. The van der Waals surface area contributed by atoms with Gasteiger partial charge in [0, 0.05) is 5.56 Å². The summed E-state index contributed by atoms with van der Waals surface area (Å²) in [5.41, 5.74) is 6.13. The Hall–Kier alpha value is -2.09. The van der Waals surface area contributed by atoms with Crippen molar-refractivity contribution in [3.8, 4) is 11.4 Å². The zero-order valence-electron chi connectivity index (χ0n) is 13.1. The van der Waals surface area contributed by atoms with Gasteiger partial charge in [0.25, 0.3) is 0 Å². The van der Waals surface area contributed by atoms with Gasteiger partial charge in [-0.15, -0.1) is 0 Å². The Morgan fingerprint density at radius 2 is 1.43 bits per heavy atom. The summed E-state index contributed by atoms with van der Waals surface area (Å²) in [6.07, 6.45) is 0. The lowest BCUT2D eigenvalue weighted by molar-refractivity contribution is 0.835. The highest BCUT2D eigenvalue weighted by atomic mass is 14.9. The molecule has 2 heteroatoms. The molecule has 108 valence electrons. The Morgan fingerprint density at radius 3 is 2.00 bits per heavy atom. The highest BCUT2D eigenvalue weighted by Crippen LogP contribution is 2.35. The van der Waals surface area contributed by atoms with Gasteiger partial charge in [-0.1, -0.05) is 58.0 Å². The van der Waals surface area contributed by atoms with Crippen LogP contribution in [-0.4, -0.2) is 9.97 Å². The van der Waals surface area contributed by atoms with Gasteiger partial charge in [-0.05, 0) is 35.1 Å². The van der Waals surface area contributed by atoms with Gasteiger partial charge in [-0.25, -0.2) is 4.98 Å². The summed E-state index contributed by atoms with van der Waals surface area (Å²) in [7, 11) is 0. The maximum absolute atomic E-state index is 4.81. The van der Waals surface area contributed by atoms with Crippen molar-refractivity contribution in [1.82, 2.24) is 9.97 Å². The second kappa shape index (κ2) is 5.36. The topological polar surface area (TPSA) is 28.7 Å². The largest absolute Gasteiger partial charge is 0.338 e. The minimum Gasteiger partial charge on any atom is -0.338 e. The molecule has 0 aliphatic heterocycles. The number of nitrogens with zero attached hydrogens (tertiary/aromatic N) is 1. The molecule has 0 aliphatic rings. The van der Waals surface area contributed by atoms with Gasteiger partial charge in [0.1, 0.15) is 5.82 Å². The molecule has 1 N–H and O–H groups in total. The SMILES string of the molecule is CC(C)c1cccc(C(C)C)c1-c1nc2ccccc2[nH]1. The fourth-order valence-corrected chi connectivity index (χ4v) is 2.90. The van der Waals surface area contributed by atoms with Crippen LogP contribution < -0.4 is 0 Å². The zero-order chi connectivity index (χ0) is 15.0. The summed E-state index contributed by atoms with van der Waals surface area (Å²) in [4.78, 5) is 8.30. The quantitative estimate of drug-likeness (QED) is 0.675. The number of fused-ring (bicyclic) bond motifs is 1. The van der Waals surface area contributed by atoms with E-state index in [1.807, 2.05) is 12.1 Å². The van der Waals surface area contributed by atoms with Crippen molar-refractivity contribution >= 4 is 11.0 Å². The molecule has 3 rings (SSSR count). The number of aromatic amines is 1. The lowest BCUT2D eigenvalue weighted by Gasteiger charge is -2.17. The van der Waals surface area contributed by atoms with E-state index in [-0.39, 0.29) is 0 Å². The second-order valence-corrected chi connectivity index (χ2v) is 6.22. The third-order valence-corrected chi connectivity index (χ3v) is 4.00. The van der Waals surface area contributed by atoms with E-state index >= 15 is 0 Å². The van der Waals surface area contributed by atoms with Crippen LogP contribution in [0.2, 0.25) is 0 Å². The number of para-hydroxylation sites is 2. The maximum atomic E-state index is 4.81. The number of hydrogen-bond acceptors (Lipinski definition) is 1. The minimum atomic E-state index is 0.479. The minimum absolute atomic E-state index is 0.479. The van der Waals surface area contributed by atoms with Gasteiger partial charge in [-0.2, -0.15) is 0 Å². The molecule has 0 spiro atoms. The zero-order valence-corrected chi connectivity index (χ0v) is 13.1. The molecule has 0 saturated heterocycles. The highest BCUT2D eigenvalue weighted by molar-refractivity contribution is 5.81. The van der Waals surface area contributed by atoms with E-state index < -0.39 is 0 Å². The van der Waals surface area contributed by atoms with Gasteiger partial charge in [0.05, 0.1) is 11.0 Å². The molecule has 0 fully saturated rings. The van der Waals surface area contributed by atoms with Crippen LogP contribution in [0.15, 0.2) is 42.5 Å². The van der Waals surface area contributed by atoms with E-state index in [1.165, 1.54) is 16.7 Å². The third-order valence-electron chi connectivity index (χ3n) is 4.00. The van der Waals surface area contributed by atoms with E-state index in [2.05, 4.69) is 63.0 Å². The first-order valence-corrected chi connectivity index (χ1v) is 7.66. The number of benzene rings is 2. The van der Waals surface area contributed by atoms with Gasteiger partial charge < -0.3 is 4.98 Å². The average Bonchev–Trinajstić information content (AvgIpc) is 2.89. The van der Waals surface area contributed by atoms with Crippen molar-refractivity contribution in [1.29, 1.82) is 0 Å². The predicted octanol–water partition coefficient (Wildman–Crippen LogP) is 5.48. The molecule has 0 unspecified atom stereocenters. The number of imidazole rings is 1. The summed E-state index contributed by atoms with van der Waals surface area (Å²) < 4.78 is 0. The molecule has 3 aromatic rings. The fraction of sp³-hybridized carbons (Fsp3) is 0.316. The Labute approximate surface area is 126 Å². The summed E-state index contributed by atoms with van der Waals surface area (Å²) in [5.74, 6) is 1.95. The summed E-state index contributed by atoms with van der Waals surface area (Å²) in [6.45, 7) is 8.97. The first-order chi connectivity index (χ1) is 10.1. The standard InChI is InChI=1S/C19H22N2/c1-12(2)14-8-7-9-15(13(3)4)18(14)19-20-16-10-5-6-11-17(16)21-19/h5-13H,1-4H3,(H,20,21). The van der Waals surface area contributed by atoms with Crippen LogP contribution >= 0.6 is 0 Å². The number of rotatable bonds is 3. The fourth-order valence-electron chi connectivity index (χ4n) is 2.90. The number of hydrogen-bond donors (Lipinski definition) is 1. The number of aromatic nitrogens is 2. The number of nitrogens with one attached hydrogen (secondary N) is 1. The molecule has 1 aromatic heterocycles. The summed E-state index contributed by atoms with van der Waals surface area (Å²) in [5, 5.41) is 0. The van der Waals surface area contributed by atoms with Crippen LogP contribution in [-0.2, 0) is 0 Å². The second-order valence-electron chi connectivity index (χ2n) is 6.22. The Morgan fingerprint density at radius 1 is 0.810 bits per heavy atom. The monoisotopic (exact) mass is 278 g/mol. The van der Waals surface area contributed by atoms with Crippen LogP contribution in [0.5, 0.6) is 0 Å². The lowest BCUT2D eigenvalue weighted by Crippen LogP contribution is -2.00. The first kappa shape index (κ1) is 13.9. The first-order valence-electron chi connectivity index (χ1n) is 7.66. The van der Waals surface area contributed by atoms with Crippen LogP contribution in [0, 0.1) is 0 Å². The van der Waals surface area contributed by atoms with E-state index in [4.69, 9.17) is 4.98 Å². The predicted molar refractivity (Wildman–Crippen MR) is 89.7 cm³/mol. The van der Waals surface area contributed by atoms with Crippen LogP contribution in [0.4, 0.5) is 0 Å². The van der Waals surface area contributed by atoms with Crippen molar-refractivity contribution < 1.29 is 0 Å². The Kier molecular flexibility index (Phi) is 3.54.